The lowest BCUT2D eigenvalue weighted by molar-refractivity contribution is -0.137. The number of rotatable bonds is 9. The van der Waals surface area contributed by atoms with E-state index in [1.165, 1.54) is 0 Å². The number of halogens is 2. The van der Waals surface area contributed by atoms with Crippen molar-refractivity contribution in [3.63, 3.8) is 0 Å². The highest BCUT2D eigenvalue weighted by molar-refractivity contribution is 5.74. The quantitative estimate of drug-likeness (QED) is 0.652. The van der Waals surface area contributed by atoms with E-state index >= 15 is 0 Å². The largest absolute Gasteiger partial charge is 0.481 e. The van der Waals surface area contributed by atoms with Gasteiger partial charge in [-0.1, -0.05) is 30.3 Å². The number of hydrogen-bond acceptors (Lipinski definition) is 2. The number of nitrogens with one attached hydrogen (secondary N) is 2. The summed E-state index contributed by atoms with van der Waals surface area (Å²) < 4.78 is 25.4. The number of carbonyl (C=O) groups is 2. The molecule has 3 N–H and O–H groups in total. The fourth-order valence-corrected chi connectivity index (χ4v) is 2.05. The zero-order chi connectivity index (χ0) is 17.3. The van der Waals surface area contributed by atoms with Crippen molar-refractivity contribution < 1.29 is 23.5 Å². The molecule has 2 amide bonds. The molecule has 0 aliphatic heterocycles. The Bertz CT molecular complexity index is 504. The molecule has 7 heteroatoms. The van der Waals surface area contributed by atoms with Crippen LogP contribution >= 0.6 is 0 Å². The molecule has 1 aromatic carbocycles. The van der Waals surface area contributed by atoms with Crippen molar-refractivity contribution in [2.75, 3.05) is 6.54 Å². The Balaban J connectivity index is 2.51. The standard InChI is InChI=1S/C16H22F2N2O3/c1-16(17,18)9-10-19-15(23)20-13(7-8-14(21)22)11-12-5-3-2-4-6-12/h2-6,13H,7-11H2,1H3,(H,21,22)(H2,19,20,23). The van der Waals surface area contributed by atoms with Gasteiger partial charge in [-0.2, -0.15) is 0 Å². The maximum Gasteiger partial charge on any atom is 0.315 e. The van der Waals surface area contributed by atoms with Crippen molar-refractivity contribution in [2.24, 2.45) is 0 Å². The molecule has 0 aromatic heterocycles. The van der Waals surface area contributed by atoms with Gasteiger partial charge in [-0.25, -0.2) is 13.6 Å². The lowest BCUT2D eigenvalue weighted by Gasteiger charge is -2.19. The van der Waals surface area contributed by atoms with Crippen molar-refractivity contribution in [1.29, 1.82) is 0 Å². The van der Waals surface area contributed by atoms with Crippen LogP contribution in [0, 0.1) is 0 Å². The van der Waals surface area contributed by atoms with E-state index in [4.69, 9.17) is 5.11 Å². The molecule has 0 saturated heterocycles. The molecule has 0 aliphatic rings. The second kappa shape index (κ2) is 9.07. The summed E-state index contributed by atoms with van der Waals surface area (Å²) in [7, 11) is 0. The fourth-order valence-electron chi connectivity index (χ4n) is 2.05. The fraction of sp³-hybridized carbons (Fsp3) is 0.500. The van der Waals surface area contributed by atoms with Gasteiger partial charge in [0.25, 0.3) is 0 Å². The average molecular weight is 328 g/mol. The number of hydrogen-bond donors (Lipinski definition) is 3. The first-order valence-corrected chi connectivity index (χ1v) is 7.44. The Hall–Kier alpha value is -2.18. The predicted octanol–water partition coefficient (Wildman–Crippen LogP) is 2.81. The van der Waals surface area contributed by atoms with E-state index in [9.17, 15) is 18.4 Å². The molecule has 5 nitrogen and oxygen atoms in total. The van der Waals surface area contributed by atoms with Crippen LogP contribution in [0.1, 0.15) is 31.7 Å². The van der Waals surface area contributed by atoms with Gasteiger partial charge in [0.15, 0.2) is 0 Å². The van der Waals surface area contributed by atoms with Crippen LogP contribution in [-0.2, 0) is 11.2 Å². The van der Waals surface area contributed by atoms with Crippen molar-refractivity contribution in [1.82, 2.24) is 10.6 Å². The summed E-state index contributed by atoms with van der Waals surface area (Å²) >= 11 is 0. The van der Waals surface area contributed by atoms with Crippen LogP contribution in [0.2, 0.25) is 0 Å². The first-order chi connectivity index (χ1) is 10.8. The number of benzene rings is 1. The van der Waals surface area contributed by atoms with Crippen molar-refractivity contribution in [2.45, 2.75) is 44.6 Å². The maximum absolute atomic E-state index is 12.7. The number of urea groups is 1. The highest BCUT2D eigenvalue weighted by Crippen LogP contribution is 2.15. The molecular formula is C16H22F2N2O3. The molecule has 1 rings (SSSR count). The molecule has 0 aliphatic carbocycles. The van der Waals surface area contributed by atoms with Crippen LogP contribution in [0.15, 0.2) is 30.3 Å². The van der Waals surface area contributed by atoms with Crippen molar-refractivity contribution >= 4 is 12.0 Å². The summed E-state index contributed by atoms with van der Waals surface area (Å²) in [6.45, 7) is 0.643. The summed E-state index contributed by atoms with van der Waals surface area (Å²) in [5, 5.41) is 13.8. The SMILES string of the molecule is CC(F)(F)CCNC(=O)NC(CCC(=O)O)Cc1ccccc1. The normalized spacial score (nSPS) is 12.5. The highest BCUT2D eigenvalue weighted by atomic mass is 19.3. The molecule has 0 saturated carbocycles. The Morgan fingerprint density at radius 3 is 2.48 bits per heavy atom. The number of aliphatic carboxylic acids is 1. The first-order valence-electron chi connectivity index (χ1n) is 7.44. The molecule has 0 fully saturated rings. The van der Waals surface area contributed by atoms with Gasteiger partial charge in [0.1, 0.15) is 0 Å². The minimum atomic E-state index is -2.83. The Labute approximate surface area is 134 Å². The molecule has 0 heterocycles. The second-order valence-corrected chi connectivity index (χ2v) is 5.54. The number of carboxylic acids is 1. The Kier molecular flexibility index (Phi) is 7.44. The lowest BCUT2D eigenvalue weighted by atomic mass is 10.0. The molecule has 1 unspecified atom stereocenters. The van der Waals surface area contributed by atoms with Gasteiger partial charge in [0.05, 0.1) is 0 Å². The van der Waals surface area contributed by atoms with Crippen LogP contribution in [0.25, 0.3) is 0 Å². The van der Waals surface area contributed by atoms with Crippen molar-refractivity contribution in [3.8, 4) is 0 Å². The van der Waals surface area contributed by atoms with E-state index in [1.54, 1.807) is 0 Å². The van der Waals surface area contributed by atoms with Gasteiger partial charge in [0, 0.05) is 25.4 Å². The average Bonchev–Trinajstić information content (AvgIpc) is 2.44. The molecule has 128 valence electrons. The number of amides is 2. The van der Waals surface area contributed by atoms with Gasteiger partial charge >= 0.3 is 12.0 Å². The molecule has 0 spiro atoms. The molecule has 0 bridgehead atoms. The van der Waals surface area contributed by atoms with E-state index in [2.05, 4.69) is 10.6 Å². The molecule has 1 aromatic rings. The third-order valence-electron chi connectivity index (χ3n) is 3.22. The summed E-state index contributed by atoms with van der Waals surface area (Å²) in [5.74, 6) is -3.78. The van der Waals surface area contributed by atoms with E-state index in [-0.39, 0.29) is 25.4 Å². The topological polar surface area (TPSA) is 78.4 Å². The van der Waals surface area contributed by atoms with E-state index in [0.29, 0.717) is 6.42 Å². The van der Waals surface area contributed by atoms with E-state index in [0.717, 1.165) is 12.5 Å². The van der Waals surface area contributed by atoms with Gasteiger partial charge < -0.3 is 15.7 Å². The van der Waals surface area contributed by atoms with Crippen molar-refractivity contribution in [3.05, 3.63) is 35.9 Å². The third-order valence-corrected chi connectivity index (χ3v) is 3.22. The Morgan fingerprint density at radius 1 is 1.26 bits per heavy atom. The maximum atomic E-state index is 12.7. The number of alkyl halides is 2. The second-order valence-electron chi connectivity index (χ2n) is 5.54. The third kappa shape index (κ3) is 9.44. The van der Waals surface area contributed by atoms with E-state index < -0.39 is 24.3 Å². The lowest BCUT2D eigenvalue weighted by Crippen LogP contribution is -2.44. The summed E-state index contributed by atoms with van der Waals surface area (Å²) in [6.07, 6.45) is 0.219. The monoisotopic (exact) mass is 328 g/mol. The summed E-state index contributed by atoms with van der Waals surface area (Å²) in [5.41, 5.74) is 0.961. The highest BCUT2D eigenvalue weighted by Gasteiger charge is 2.21. The van der Waals surface area contributed by atoms with Crippen LogP contribution < -0.4 is 10.6 Å². The van der Waals surface area contributed by atoms with Gasteiger partial charge in [-0.15, -0.1) is 0 Å². The smallest absolute Gasteiger partial charge is 0.315 e. The van der Waals surface area contributed by atoms with Crippen LogP contribution in [0.5, 0.6) is 0 Å². The Morgan fingerprint density at radius 2 is 1.91 bits per heavy atom. The predicted molar refractivity (Wildman–Crippen MR) is 82.6 cm³/mol. The minimum Gasteiger partial charge on any atom is -0.481 e. The number of carboxylic acid groups (broad SMARTS) is 1. The minimum absolute atomic E-state index is 0.0786. The molecule has 0 radical (unpaired) electrons. The van der Waals surface area contributed by atoms with Crippen LogP contribution in [0.4, 0.5) is 13.6 Å². The van der Waals surface area contributed by atoms with Gasteiger partial charge in [-0.3, -0.25) is 4.79 Å². The van der Waals surface area contributed by atoms with Crippen LogP contribution in [0.3, 0.4) is 0 Å². The molecule has 23 heavy (non-hydrogen) atoms. The zero-order valence-electron chi connectivity index (χ0n) is 13.0. The summed E-state index contributed by atoms with van der Waals surface area (Å²) in [4.78, 5) is 22.5. The van der Waals surface area contributed by atoms with Crippen LogP contribution in [-0.4, -0.2) is 35.6 Å². The van der Waals surface area contributed by atoms with Gasteiger partial charge in [0.2, 0.25) is 5.92 Å². The molecule has 1 atom stereocenters. The van der Waals surface area contributed by atoms with Gasteiger partial charge in [-0.05, 0) is 25.3 Å². The first kappa shape index (κ1) is 18.9. The zero-order valence-corrected chi connectivity index (χ0v) is 13.0. The molecular weight excluding hydrogens is 306 g/mol. The summed E-state index contributed by atoms with van der Waals surface area (Å²) in [6, 6.07) is 8.38. The van der Waals surface area contributed by atoms with E-state index in [1.807, 2.05) is 30.3 Å². The number of carbonyl (C=O) groups excluding carboxylic acids is 1.